The first-order valence-electron chi connectivity index (χ1n) is 11.7. The summed E-state index contributed by atoms with van der Waals surface area (Å²) < 4.78 is 11.7. The number of hydrogen-bond acceptors (Lipinski definition) is 8. The predicted octanol–water partition coefficient (Wildman–Crippen LogP) is 6.01. The summed E-state index contributed by atoms with van der Waals surface area (Å²) in [4.78, 5) is 49.3. The highest BCUT2D eigenvalue weighted by atomic mass is 79.9. The molecule has 3 aromatic rings. The Morgan fingerprint density at radius 2 is 1.87 bits per heavy atom. The number of halogens is 1. The van der Waals surface area contributed by atoms with Gasteiger partial charge < -0.3 is 14.8 Å². The molecule has 0 aliphatic carbocycles. The molecule has 1 aliphatic heterocycles. The molecule has 0 aromatic heterocycles. The maximum atomic E-state index is 12.8. The number of nitrogens with one attached hydrogen (secondary N) is 1. The van der Waals surface area contributed by atoms with Crippen molar-refractivity contribution in [3.05, 3.63) is 97.3 Å². The molecule has 0 atom stereocenters. The van der Waals surface area contributed by atoms with Gasteiger partial charge in [0.25, 0.3) is 16.8 Å². The van der Waals surface area contributed by atoms with E-state index in [0.29, 0.717) is 39.4 Å². The number of anilines is 1. The Hall–Kier alpha value is -4.16. The van der Waals surface area contributed by atoms with Crippen molar-refractivity contribution < 1.29 is 28.8 Å². The van der Waals surface area contributed by atoms with Gasteiger partial charge in [0.15, 0.2) is 0 Å². The number of ether oxygens (including phenoxy) is 2. The Labute approximate surface area is 236 Å². The topological polar surface area (TPSA) is 128 Å². The second-order valence-electron chi connectivity index (χ2n) is 8.18. The number of amides is 3. The first-order valence-corrected chi connectivity index (χ1v) is 13.3. The van der Waals surface area contributed by atoms with Gasteiger partial charge in [0.2, 0.25) is 5.91 Å². The fourth-order valence-corrected chi connectivity index (χ4v) is 4.93. The first-order chi connectivity index (χ1) is 18.7. The van der Waals surface area contributed by atoms with Gasteiger partial charge >= 0.3 is 0 Å². The molecule has 39 heavy (non-hydrogen) atoms. The predicted molar refractivity (Wildman–Crippen MR) is 150 cm³/mol. The van der Waals surface area contributed by atoms with Crippen LogP contribution < -0.4 is 14.8 Å². The molecule has 3 aromatic carbocycles. The second kappa shape index (κ2) is 12.6. The Kier molecular flexibility index (Phi) is 8.99. The molecule has 1 heterocycles. The molecule has 1 N–H and O–H groups in total. The van der Waals surface area contributed by atoms with Crippen molar-refractivity contribution in [2.45, 2.75) is 13.5 Å². The summed E-state index contributed by atoms with van der Waals surface area (Å²) >= 11 is 4.19. The summed E-state index contributed by atoms with van der Waals surface area (Å²) in [6.07, 6.45) is 1.56. The van der Waals surface area contributed by atoms with Gasteiger partial charge in [-0.05, 0) is 88.2 Å². The summed E-state index contributed by atoms with van der Waals surface area (Å²) in [6.45, 7) is 2.10. The van der Waals surface area contributed by atoms with Crippen molar-refractivity contribution in [3.8, 4) is 11.5 Å². The number of rotatable bonds is 10. The van der Waals surface area contributed by atoms with Crippen LogP contribution in [0.3, 0.4) is 0 Å². The molecule has 1 saturated heterocycles. The molecule has 1 aliphatic rings. The summed E-state index contributed by atoms with van der Waals surface area (Å²) in [5.41, 5.74) is 1.77. The van der Waals surface area contributed by atoms with Crippen LogP contribution in [0.1, 0.15) is 18.1 Å². The van der Waals surface area contributed by atoms with E-state index in [-0.39, 0.29) is 17.2 Å². The minimum absolute atomic E-state index is 0.0203. The number of nitrogens with zero attached hydrogens (tertiary/aromatic N) is 2. The number of hydrogen-bond donors (Lipinski definition) is 1. The van der Waals surface area contributed by atoms with Crippen molar-refractivity contribution >= 4 is 62.2 Å². The van der Waals surface area contributed by atoms with E-state index in [1.807, 2.05) is 6.92 Å². The summed E-state index contributed by atoms with van der Waals surface area (Å²) in [6, 6.07) is 18.0. The van der Waals surface area contributed by atoms with E-state index < -0.39 is 28.5 Å². The molecular formula is C27H22BrN3O7S. The van der Waals surface area contributed by atoms with Gasteiger partial charge in [-0.1, -0.05) is 18.2 Å². The lowest BCUT2D eigenvalue weighted by Gasteiger charge is -2.13. The molecule has 0 saturated carbocycles. The summed E-state index contributed by atoms with van der Waals surface area (Å²) in [5.74, 6) is 0.0997. The van der Waals surface area contributed by atoms with Crippen LogP contribution in [0.15, 0.2) is 76.1 Å². The molecule has 3 amide bonds. The van der Waals surface area contributed by atoms with Crippen LogP contribution in [0.2, 0.25) is 0 Å². The zero-order valence-electron chi connectivity index (χ0n) is 20.6. The Balaban J connectivity index is 1.37. The van der Waals surface area contributed by atoms with Crippen LogP contribution in [0, 0.1) is 10.1 Å². The van der Waals surface area contributed by atoms with Gasteiger partial charge in [-0.15, -0.1) is 0 Å². The zero-order chi connectivity index (χ0) is 27.9. The van der Waals surface area contributed by atoms with E-state index in [4.69, 9.17) is 9.47 Å². The standard InChI is InChI=1S/C27H22BrN3O7S/c1-2-37-21-9-7-19(8-10-21)29-25(32)15-30-26(33)24(39-27(30)34)14-17-6-11-23(22(28)13-17)38-16-18-4-3-5-20(12-18)31(35)36/h3-14H,2,15-16H2,1H3,(H,29,32)/b24-14+. The molecule has 12 heteroatoms. The lowest BCUT2D eigenvalue weighted by molar-refractivity contribution is -0.384. The number of nitro groups is 1. The van der Waals surface area contributed by atoms with E-state index in [1.165, 1.54) is 12.1 Å². The zero-order valence-corrected chi connectivity index (χ0v) is 23.0. The lowest BCUT2D eigenvalue weighted by Crippen LogP contribution is -2.36. The number of non-ortho nitro benzene ring substituents is 1. The third-order valence-corrected chi connectivity index (χ3v) is 6.92. The van der Waals surface area contributed by atoms with Crippen molar-refractivity contribution in [3.63, 3.8) is 0 Å². The maximum Gasteiger partial charge on any atom is 0.294 e. The normalized spacial score (nSPS) is 14.0. The fraction of sp³-hybridized carbons (Fsp3) is 0.148. The van der Waals surface area contributed by atoms with Crippen LogP contribution in [-0.2, 0) is 16.2 Å². The first kappa shape index (κ1) is 27.9. The molecule has 4 rings (SSSR count). The van der Waals surface area contributed by atoms with Crippen molar-refractivity contribution in [1.29, 1.82) is 0 Å². The van der Waals surface area contributed by atoms with Gasteiger partial charge in [-0.3, -0.25) is 29.4 Å². The van der Waals surface area contributed by atoms with Gasteiger partial charge in [0.05, 0.1) is 20.9 Å². The van der Waals surface area contributed by atoms with Crippen molar-refractivity contribution in [1.82, 2.24) is 4.90 Å². The number of benzene rings is 3. The van der Waals surface area contributed by atoms with Crippen LogP contribution >= 0.6 is 27.7 Å². The van der Waals surface area contributed by atoms with E-state index in [1.54, 1.807) is 60.7 Å². The number of carbonyl (C=O) groups is 3. The maximum absolute atomic E-state index is 12.8. The number of carbonyl (C=O) groups excluding carboxylic acids is 3. The number of imide groups is 1. The van der Waals surface area contributed by atoms with Gasteiger partial charge in [-0.2, -0.15) is 0 Å². The smallest absolute Gasteiger partial charge is 0.294 e. The second-order valence-corrected chi connectivity index (χ2v) is 10.0. The van der Waals surface area contributed by atoms with Crippen molar-refractivity contribution in [2.75, 3.05) is 18.5 Å². The van der Waals surface area contributed by atoms with Crippen LogP contribution in [0.25, 0.3) is 6.08 Å². The van der Waals surface area contributed by atoms with Gasteiger partial charge in [0.1, 0.15) is 24.7 Å². The van der Waals surface area contributed by atoms with Gasteiger partial charge in [-0.25, -0.2) is 0 Å². The molecule has 200 valence electrons. The Morgan fingerprint density at radius 1 is 1.10 bits per heavy atom. The number of nitro benzene ring substituents is 1. The van der Waals surface area contributed by atoms with Crippen LogP contribution in [0.5, 0.6) is 11.5 Å². The van der Waals surface area contributed by atoms with Crippen LogP contribution in [-0.4, -0.2) is 40.0 Å². The minimum atomic E-state index is -0.561. The highest BCUT2D eigenvalue weighted by molar-refractivity contribution is 9.10. The summed E-state index contributed by atoms with van der Waals surface area (Å²) in [7, 11) is 0. The monoisotopic (exact) mass is 611 g/mol. The average molecular weight is 612 g/mol. The fourth-order valence-electron chi connectivity index (χ4n) is 3.58. The molecule has 10 nitrogen and oxygen atoms in total. The largest absolute Gasteiger partial charge is 0.494 e. The van der Waals surface area contributed by atoms with Crippen LogP contribution in [0.4, 0.5) is 16.2 Å². The SMILES string of the molecule is CCOc1ccc(NC(=O)CN2C(=O)S/C(=C/c3ccc(OCc4cccc([N+](=O)[O-])c4)c(Br)c3)C2=O)cc1. The van der Waals surface area contributed by atoms with Crippen molar-refractivity contribution in [2.24, 2.45) is 0 Å². The highest BCUT2D eigenvalue weighted by Gasteiger charge is 2.36. The van der Waals surface area contributed by atoms with E-state index in [0.717, 1.165) is 16.7 Å². The van der Waals surface area contributed by atoms with E-state index in [9.17, 15) is 24.5 Å². The van der Waals surface area contributed by atoms with E-state index >= 15 is 0 Å². The molecule has 0 spiro atoms. The lowest BCUT2D eigenvalue weighted by atomic mass is 10.2. The quantitative estimate of drug-likeness (QED) is 0.168. The third-order valence-electron chi connectivity index (χ3n) is 5.39. The minimum Gasteiger partial charge on any atom is -0.494 e. The van der Waals surface area contributed by atoms with E-state index in [2.05, 4.69) is 21.2 Å². The Morgan fingerprint density at radius 3 is 2.56 bits per heavy atom. The third kappa shape index (κ3) is 7.24. The summed E-state index contributed by atoms with van der Waals surface area (Å²) in [5, 5.41) is 13.1. The highest BCUT2D eigenvalue weighted by Crippen LogP contribution is 2.34. The molecule has 0 bridgehead atoms. The molecule has 0 unspecified atom stereocenters. The van der Waals surface area contributed by atoms with Gasteiger partial charge in [0, 0.05) is 17.8 Å². The molecule has 0 radical (unpaired) electrons. The molecular weight excluding hydrogens is 590 g/mol. The number of thioether (sulfide) groups is 1. The Bertz CT molecular complexity index is 1460. The molecule has 1 fully saturated rings. The average Bonchev–Trinajstić information content (AvgIpc) is 3.16.